The molecule has 0 unspecified atom stereocenters. The van der Waals surface area contributed by atoms with E-state index in [1.165, 1.54) is 59.0 Å². The number of benzene rings is 2. The maximum atomic E-state index is 12.2. The van der Waals surface area contributed by atoms with Gasteiger partial charge in [-0.2, -0.15) is 0 Å². The molecule has 0 aliphatic heterocycles. The molecule has 35 heavy (non-hydrogen) atoms. The Morgan fingerprint density at radius 1 is 0.886 bits per heavy atom. The summed E-state index contributed by atoms with van der Waals surface area (Å²) in [6, 6.07) is 10.7. The van der Waals surface area contributed by atoms with E-state index in [1.807, 2.05) is 24.3 Å². The molecule has 0 atom stereocenters. The van der Waals surface area contributed by atoms with Gasteiger partial charge in [0.2, 0.25) is 0 Å². The molecule has 0 saturated heterocycles. The maximum absolute atomic E-state index is 12.2. The van der Waals surface area contributed by atoms with Gasteiger partial charge in [-0.1, -0.05) is 99.3 Å². The number of carbonyl (C=O) groups excluding carboxylic acids is 1. The van der Waals surface area contributed by atoms with E-state index in [4.69, 9.17) is 42.1 Å². The van der Waals surface area contributed by atoms with E-state index in [1.54, 1.807) is 12.1 Å². The highest BCUT2D eigenvalue weighted by Crippen LogP contribution is 2.37. The minimum atomic E-state index is -0.497. The molecule has 0 fully saturated rings. The monoisotopic (exact) mass is 522 g/mol. The van der Waals surface area contributed by atoms with Gasteiger partial charge in [0.25, 0.3) is 0 Å². The topological polar surface area (TPSA) is 54.0 Å². The highest BCUT2D eigenvalue weighted by Gasteiger charge is 2.17. The molecule has 192 valence electrons. The number of halogens is 2. The van der Waals surface area contributed by atoms with Gasteiger partial charge in [0.05, 0.1) is 37.1 Å². The van der Waals surface area contributed by atoms with Crippen LogP contribution in [0.5, 0.6) is 11.5 Å². The largest absolute Gasteiger partial charge is 0.503 e. The number of carbonyl (C=O) groups is 1. The van der Waals surface area contributed by atoms with Gasteiger partial charge < -0.3 is 18.9 Å². The van der Waals surface area contributed by atoms with E-state index in [9.17, 15) is 4.79 Å². The molecule has 0 N–H and O–H groups in total. The number of hydrogen-bond acceptors (Lipinski definition) is 5. The van der Waals surface area contributed by atoms with Gasteiger partial charge >= 0.3 is 5.97 Å². The lowest BCUT2D eigenvalue weighted by Crippen LogP contribution is -2.08. The van der Waals surface area contributed by atoms with Gasteiger partial charge in [-0.15, -0.1) is 0 Å². The number of hydrogen-bond donors (Lipinski definition) is 0. The second-order valence-electron chi connectivity index (χ2n) is 8.24. The van der Waals surface area contributed by atoms with Crippen LogP contribution in [0.15, 0.2) is 42.7 Å². The van der Waals surface area contributed by atoms with Crippen molar-refractivity contribution in [3.63, 3.8) is 0 Å². The summed E-state index contributed by atoms with van der Waals surface area (Å²) in [4.78, 5) is 12.2. The third-order valence-electron chi connectivity index (χ3n) is 5.56. The predicted molar refractivity (Wildman–Crippen MR) is 142 cm³/mol. The molecule has 0 spiro atoms. The predicted octanol–water partition coefficient (Wildman–Crippen LogP) is 8.25. The Bertz CT molecular complexity index is 935. The molecule has 0 aliphatic carbocycles. The number of esters is 1. The zero-order valence-electron chi connectivity index (χ0n) is 20.9. The molecule has 2 aromatic rings. The Labute approximate surface area is 219 Å². The van der Waals surface area contributed by atoms with E-state index < -0.39 is 5.97 Å². The van der Waals surface area contributed by atoms with Gasteiger partial charge in [0.15, 0.2) is 5.75 Å². The fourth-order valence-corrected chi connectivity index (χ4v) is 4.26. The zero-order chi connectivity index (χ0) is 25.5. The second kappa shape index (κ2) is 16.3. The SMILES string of the molecule is CCCCCCCCCCOc1c(Cl)cc(OCc2ccccc2/C(=C\OC)C(=O)OC)cc1Cl. The first kappa shape index (κ1) is 28.9. The summed E-state index contributed by atoms with van der Waals surface area (Å²) in [5.74, 6) is 0.480. The van der Waals surface area contributed by atoms with Crippen molar-refractivity contribution in [3.8, 4) is 11.5 Å². The zero-order valence-corrected chi connectivity index (χ0v) is 22.4. The molecule has 2 aromatic carbocycles. The third-order valence-corrected chi connectivity index (χ3v) is 6.12. The molecule has 0 heterocycles. The van der Waals surface area contributed by atoms with Crippen LogP contribution in [-0.4, -0.2) is 26.8 Å². The van der Waals surface area contributed by atoms with Crippen molar-refractivity contribution in [2.75, 3.05) is 20.8 Å². The molecule has 0 saturated carbocycles. The average molecular weight is 523 g/mol. The molecule has 7 heteroatoms. The molecular formula is C28H36Cl2O5. The second-order valence-corrected chi connectivity index (χ2v) is 9.06. The number of unbranched alkanes of at least 4 members (excludes halogenated alkanes) is 7. The van der Waals surface area contributed by atoms with Gasteiger partial charge in [-0.05, 0) is 17.5 Å². The van der Waals surface area contributed by atoms with Crippen LogP contribution in [0.2, 0.25) is 10.0 Å². The van der Waals surface area contributed by atoms with E-state index in [-0.39, 0.29) is 6.61 Å². The minimum absolute atomic E-state index is 0.194. The Hall–Kier alpha value is -2.37. The Kier molecular flexibility index (Phi) is 13.5. The van der Waals surface area contributed by atoms with Crippen molar-refractivity contribution in [3.05, 3.63) is 63.8 Å². The molecule has 2 rings (SSSR count). The summed E-state index contributed by atoms with van der Waals surface area (Å²) in [7, 11) is 2.80. The van der Waals surface area contributed by atoms with Crippen molar-refractivity contribution >= 4 is 34.7 Å². The van der Waals surface area contributed by atoms with Crippen LogP contribution >= 0.6 is 23.2 Å². The maximum Gasteiger partial charge on any atom is 0.341 e. The highest BCUT2D eigenvalue weighted by molar-refractivity contribution is 6.37. The average Bonchev–Trinajstić information content (AvgIpc) is 2.86. The van der Waals surface area contributed by atoms with Crippen LogP contribution in [0, 0.1) is 0 Å². The van der Waals surface area contributed by atoms with Crippen LogP contribution in [-0.2, 0) is 20.9 Å². The van der Waals surface area contributed by atoms with Crippen LogP contribution in [0.3, 0.4) is 0 Å². The van der Waals surface area contributed by atoms with E-state index in [0.717, 1.165) is 18.4 Å². The summed E-state index contributed by atoms with van der Waals surface area (Å²) >= 11 is 12.9. The number of rotatable bonds is 16. The summed E-state index contributed by atoms with van der Waals surface area (Å²) in [6.45, 7) is 3.00. The molecule has 5 nitrogen and oxygen atoms in total. The number of ether oxygens (including phenoxy) is 4. The molecule has 0 amide bonds. The normalized spacial score (nSPS) is 11.3. The molecule has 0 aromatic heterocycles. The molecular weight excluding hydrogens is 487 g/mol. The standard InChI is InChI=1S/C28H36Cl2O5/c1-4-5-6-7-8-9-10-13-16-34-27-25(29)17-22(18-26(27)30)35-19-21-14-11-12-15-23(21)24(20-32-2)28(31)33-3/h11-12,14-15,17-18,20H,4-10,13,16,19H2,1-3H3/b24-20+. The fourth-order valence-electron chi connectivity index (χ4n) is 3.69. The highest BCUT2D eigenvalue weighted by atomic mass is 35.5. The van der Waals surface area contributed by atoms with Crippen molar-refractivity contribution in [1.82, 2.24) is 0 Å². The first-order valence-electron chi connectivity index (χ1n) is 12.2. The summed E-state index contributed by atoms with van der Waals surface area (Å²) in [6.07, 6.45) is 11.2. The van der Waals surface area contributed by atoms with Crippen molar-refractivity contribution in [2.24, 2.45) is 0 Å². The lowest BCUT2D eigenvalue weighted by molar-refractivity contribution is -0.133. The summed E-state index contributed by atoms with van der Waals surface area (Å²) in [5.41, 5.74) is 1.74. The van der Waals surface area contributed by atoms with Crippen molar-refractivity contribution in [2.45, 2.75) is 64.9 Å². The van der Waals surface area contributed by atoms with Crippen LogP contribution in [0.4, 0.5) is 0 Å². The van der Waals surface area contributed by atoms with E-state index in [2.05, 4.69) is 6.92 Å². The Morgan fingerprint density at radius 2 is 1.51 bits per heavy atom. The fraction of sp³-hybridized carbons (Fsp3) is 0.464. The van der Waals surface area contributed by atoms with Crippen LogP contribution in [0.1, 0.15) is 69.4 Å². The Morgan fingerprint density at radius 3 is 2.14 bits per heavy atom. The van der Waals surface area contributed by atoms with Crippen LogP contribution < -0.4 is 9.47 Å². The van der Waals surface area contributed by atoms with E-state index >= 15 is 0 Å². The third kappa shape index (κ3) is 9.65. The van der Waals surface area contributed by atoms with E-state index in [0.29, 0.717) is 39.3 Å². The smallest absolute Gasteiger partial charge is 0.341 e. The molecule has 0 aliphatic rings. The quantitative estimate of drug-likeness (QED) is 0.0960. The Balaban J connectivity index is 1.94. The lowest BCUT2D eigenvalue weighted by Gasteiger charge is -2.15. The van der Waals surface area contributed by atoms with Crippen molar-refractivity contribution in [1.29, 1.82) is 0 Å². The molecule has 0 radical (unpaired) electrons. The molecule has 0 bridgehead atoms. The summed E-state index contributed by atoms with van der Waals surface area (Å²) < 4.78 is 21.7. The first-order valence-corrected chi connectivity index (χ1v) is 12.9. The van der Waals surface area contributed by atoms with Crippen molar-refractivity contribution < 1.29 is 23.7 Å². The first-order chi connectivity index (χ1) is 17.0. The lowest BCUT2D eigenvalue weighted by atomic mass is 10.0. The van der Waals surface area contributed by atoms with Gasteiger partial charge in [-0.25, -0.2) is 4.79 Å². The van der Waals surface area contributed by atoms with Gasteiger partial charge in [0, 0.05) is 12.1 Å². The number of methoxy groups -OCH3 is 2. The van der Waals surface area contributed by atoms with Gasteiger partial charge in [-0.3, -0.25) is 0 Å². The van der Waals surface area contributed by atoms with Gasteiger partial charge in [0.1, 0.15) is 17.9 Å². The minimum Gasteiger partial charge on any atom is -0.503 e. The van der Waals surface area contributed by atoms with Crippen LogP contribution in [0.25, 0.3) is 5.57 Å². The summed E-state index contributed by atoms with van der Waals surface area (Å²) in [5, 5.41) is 0.796.